The molecule has 29 heavy (non-hydrogen) atoms. The number of nitrogens with one attached hydrogen (secondary N) is 1. The average Bonchev–Trinajstić information content (AvgIpc) is 2.63. The van der Waals surface area contributed by atoms with Crippen LogP contribution in [0.3, 0.4) is 0 Å². The van der Waals surface area contributed by atoms with Gasteiger partial charge in [0.25, 0.3) is 0 Å². The Kier molecular flexibility index (Phi) is 8.74. The third kappa shape index (κ3) is 6.59. The van der Waals surface area contributed by atoms with Crippen LogP contribution in [0, 0.1) is 11.7 Å². The van der Waals surface area contributed by atoms with Crippen molar-refractivity contribution in [2.75, 3.05) is 6.61 Å². The molecule has 0 aliphatic rings. The summed E-state index contributed by atoms with van der Waals surface area (Å²) in [6, 6.07) is 7.05. The molecular weight excluding hydrogens is 465 g/mol. The second kappa shape index (κ2) is 10.8. The topological polar surface area (TPSA) is 67.8 Å². The maximum absolute atomic E-state index is 13.2. The number of hydrogen-bond donors (Lipinski definition) is 2. The van der Waals surface area contributed by atoms with E-state index in [9.17, 15) is 14.3 Å². The molecule has 0 saturated carbocycles. The number of carbonyl (C=O) groups is 1. The minimum Gasteiger partial charge on any atom is -0.490 e. The molecule has 0 aliphatic carbocycles. The molecule has 0 aromatic heterocycles. The SMILES string of the molecule is CCOc1cc(CNC(C(=O)O)C(C)C)c(Br)cc1OCc1ccc(F)cc1Cl. The predicted molar refractivity (Wildman–Crippen MR) is 114 cm³/mol. The van der Waals surface area contributed by atoms with E-state index in [1.165, 1.54) is 12.1 Å². The average molecular weight is 489 g/mol. The number of benzene rings is 2. The fourth-order valence-electron chi connectivity index (χ4n) is 2.72. The van der Waals surface area contributed by atoms with Crippen LogP contribution in [0.2, 0.25) is 5.02 Å². The Bertz CT molecular complexity index is 863. The molecule has 5 nitrogen and oxygen atoms in total. The van der Waals surface area contributed by atoms with E-state index in [2.05, 4.69) is 21.2 Å². The van der Waals surface area contributed by atoms with Crippen molar-refractivity contribution in [1.82, 2.24) is 5.32 Å². The molecule has 0 radical (unpaired) electrons. The van der Waals surface area contributed by atoms with Crippen LogP contribution in [-0.2, 0) is 17.9 Å². The Morgan fingerprint density at radius 3 is 2.48 bits per heavy atom. The summed E-state index contributed by atoms with van der Waals surface area (Å²) in [5.74, 6) is -0.323. The van der Waals surface area contributed by atoms with Gasteiger partial charge in [-0.25, -0.2) is 4.39 Å². The number of carboxylic acids is 1. The van der Waals surface area contributed by atoms with E-state index < -0.39 is 17.8 Å². The Hall–Kier alpha value is -1.83. The molecule has 0 heterocycles. The summed E-state index contributed by atoms with van der Waals surface area (Å²) in [5, 5.41) is 12.7. The van der Waals surface area contributed by atoms with Crippen molar-refractivity contribution in [1.29, 1.82) is 0 Å². The first-order chi connectivity index (χ1) is 13.7. The molecule has 0 amide bonds. The summed E-state index contributed by atoms with van der Waals surface area (Å²) < 4.78 is 25.5. The van der Waals surface area contributed by atoms with Crippen molar-refractivity contribution in [3.63, 3.8) is 0 Å². The third-order valence-corrected chi connectivity index (χ3v) is 5.35. The molecule has 2 N–H and O–H groups in total. The predicted octanol–water partition coefficient (Wildman–Crippen LogP) is 5.42. The highest BCUT2D eigenvalue weighted by molar-refractivity contribution is 9.10. The Balaban J connectivity index is 2.19. The van der Waals surface area contributed by atoms with E-state index in [1.807, 2.05) is 20.8 Å². The van der Waals surface area contributed by atoms with E-state index in [4.69, 9.17) is 21.1 Å². The highest BCUT2D eigenvalue weighted by atomic mass is 79.9. The molecule has 0 fully saturated rings. The van der Waals surface area contributed by atoms with Crippen LogP contribution in [0.1, 0.15) is 31.9 Å². The van der Waals surface area contributed by atoms with Gasteiger partial charge in [0.1, 0.15) is 18.5 Å². The summed E-state index contributed by atoms with van der Waals surface area (Å²) in [7, 11) is 0. The lowest BCUT2D eigenvalue weighted by Gasteiger charge is -2.20. The summed E-state index contributed by atoms with van der Waals surface area (Å²) in [4.78, 5) is 11.4. The fraction of sp³-hybridized carbons (Fsp3) is 0.381. The van der Waals surface area contributed by atoms with Gasteiger partial charge >= 0.3 is 5.97 Å². The van der Waals surface area contributed by atoms with Gasteiger partial charge in [-0.3, -0.25) is 4.79 Å². The number of rotatable bonds is 10. The minimum atomic E-state index is -0.891. The van der Waals surface area contributed by atoms with Gasteiger partial charge < -0.3 is 19.9 Å². The van der Waals surface area contributed by atoms with Crippen LogP contribution in [0.4, 0.5) is 4.39 Å². The van der Waals surface area contributed by atoms with E-state index in [-0.39, 0.29) is 17.5 Å². The van der Waals surface area contributed by atoms with Gasteiger partial charge in [-0.05, 0) is 42.7 Å². The third-order valence-electron chi connectivity index (χ3n) is 4.26. The second-order valence-corrected chi connectivity index (χ2v) is 8.05. The zero-order valence-corrected chi connectivity index (χ0v) is 18.8. The Morgan fingerprint density at radius 1 is 1.21 bits per heavy atom. The molecule has 0 saturated heterocycles. The fourth-order valence-corrected chi connectivity index (χ4v) is 3.40. The van der Waals surface area contributed by atoms with Crippen LogP contribution in [0.25, 0.3) is 0 Å². The van der Waals surface area contributed by atoms with Crippen molar-refractivity contribution in [2.45, 2.75) is 40.0 Å². The molecule has 0 spiro atoms. The first-order valence-corrected chi connectivity index (χ1v) is 10.4. The molecule has 2 rings (SSSR count). The largest absolute Gasteiger partial charge is 0.490 e. The molecule has 158 valence electrons. The summed E-state index contributed by atoms with van der Waals surface area (Å²) in [5.41, 5.74) is 1.49. The minimum absolute atomic E-state index is 0.0549. The summed E-state index contributed by atoms with van der Waals surface area (Å²) in [6.07, 6.45) is 0. The van der Waals surface area contributed by atoms with Gasteiger partial charge in [0.15, 0.2) is 11.5 Å². The standard InChI is InChI=1S/C21H24BrClFNO4/c1-4-28-18-7-14(10-25-20(12(2)3)21(26)27)16(22)9-19(18)29-11-13-5-6-15(24)8-17(13)23/h5-9,12,20,25H,4,10-11H2,1-3H3,(H,26,27). The number of carboxylic acid groups (broad SMARTS) is 1. The smallest absolute Gasteiger partial charge is 0.320 e. The molecule has 8 heteroatoms. The molecule has 1 unspecified atom stereocenters. The molecular formula is C21H24BrClFNO4. The number of aliphatic carboxylic acids is 1. The summed E-state index contributed by atoms with van der Waals surface area (Å²) in [6.45, 7) is 6.50. The molecule has 1 atom stereocenters. The van der Waals surface area contributed by atoms with Crippen molar-refractivity contribution < 1.29 is 23.8 Å². The zero-order chi connectivity index (χ0) is 21.6. The van der Waals surface area contributed by atoms with Crippen LogP contribution in [-0.4, -0.2) is 23.7 Å². The highest BCUT2D eigenvalue weighted by Gasteiger charge is 2.21. The van der Waals surface area contributed by atoms with Gasteiger partial charge in [0.05, 0.1) is 11.6 Å². The van der Waals surface area contributed by atoms with Gasteiger partial charge in [-0.15, -0.1) is 0 Å². The van der Waals surface area contributed by atoms with Gasteiger partial charge in [-0.2, -0.15) is 0 Å². The quantitative estimate of drug-likeness (QED) is 0.467. The normalized spacial score (nSPS) is 12.1. The molecule has 0 aliphatic heterocycles. The van der Waals surface area contributed by atoms with E-state index in [0.717, 1.165) is 10.0 Å². The first kappa shape index (κ1) is 23.4. The van der Waals surface area contributed by atoms with E-state index in [1.54, 1.807) is 18.2 Å². The Morgan fingerprint density at radius 2 is 1.90 bits per heavy atom. The van der Waals surface area contributed by atoms with Gasteiger partial charge in [-0.1, -0.05) is 47.4 Å². The number of hydrogen-bond acceptors (Lipinski definition) is 4. The first-order valence-electron chi connectivity index (χ1n) is 9.21. The highest BCUT2D eigenvalue weighted by Crippen LogP contribution is 2.35. The van der Waals surface area contributed by atoms with Crippen molar-refractivity contribution in [2.24, 2.45) is 5.92 Å². The van der Waals surface area contributed by atoms with Crippen LogP contribution in [0.15, 0.2) is 34.8 Å². The number of ether oxygens (including phenoxy) is 2. The maximum atomic E-state index is 13.2. The van der Waals surface area contributed by atoms with Gasteiger partial charge in [0.2, 0.25) is 0 Å². The monoisotopic (exact) mass is 487 g/mol. The zero-order valence-electron chi connectivity index (χ0n) is 16.5. The molecule has 2 aromatic carbocycles. The second-order valence-electron chi connectivity index (χ2n) is 6.79. The lowest BCUT2D eigenvalue weighted by molar-refractivity contribution is -0.140. The lowest BCUT2D eigenvalue weighted by atomic mass is 10.0. The molecule has 2 aromatic rings. The van der Waals surface area contributed by atoms with Crippen LogP contribution in [0.5, 0.6) is 11.5 Å². The Labute approximate surface area is 183 Å². The van der Waals surface area contributed by atoms with Gasteiger partial charge in [0, 0.05) is 16.6 Å². The van der Waals surface area contributed by atoms with Crippen LogP contribution < -0.4 is 14.8 Å². The van der Waals surface area contributed by atoms with E-state index in [0.29, 0.717) is 30.2 Å². The van der Waals surface area contributed by atoms with E-state index >= 15 is 0 Å². The van der Waals surface area contributed by atoms with Crippen molar-refractivity contribution in [3.05, 3.63) is 56.8 Å². The lowest BCUT2D eigenvalue weighted by Crippen LogP contribution is -2.40. The van der Waals surface area contributed by atoms with Crippen molar-refractivity contribution >= 4 is 33.5 Å². The maximum Gasteiger partial charge on any atom is 0.320 e. The number of halogens is 3. The van der Waals surface area contributed by atoms with Crippen molar-refractivity contribution in [3.8, 4) is 11.5 Å². The summed E-state index contributed by atoms with van der Waals surface area (Å²) >= 11 is 9.57. The molecule has 0 bridgehead atoms. The van der Waals surface area contributed by atoms with Crippen LogP contribution >= 0.6 is 27.5 Å².